The molecule has 0 unspecified atom stereocenters. The van der Waals surface area contributed by atoms with Crippen LogP contribution in [-0.4, -0.2) is 23.1 Å². The number of nitrogens with zero attached hydrogens (tertiary/aromatic N) is 2. The maximum Gasteiger partial charge on any atom is 0.158 e. The lowest BCUT2D eigenvalue weighted by atomic mass is 9.83. The second kappa shape index (κ2) is 7.43. The van der Waals surface area contributed by atoms with Crippen molar-refractivity contribution in [1.29, 1.82) is 0 Å². The van der Waals surface area contributed by atoms with Crippen molar-refractivity contribution in [3.05, 3.63) is 11.9 Å². The Morgan fingerprint density at radius 1 is 1.30 bits per heavy atom. The topological polar surface area (TPSA) is 73.1 Å². The Labute approximate surface area is 121 Å². The summed E-state index contributed by atoms with van der Waals surface area (Å²) in [5.41, 5.74) is 5.81. The van der Waals surface area contributed by atoms with E-state index in [0.717, 1.165) is 24.2 Å². The lowest BCUT2D eigenvalue weighted by molar-refractivity contribution is 0.128. The van der Waals surface area contributed by atoms with Gasteiger partial charge in [0.2, 0.25) is 0 Å². The number of nitrogens with one attached hydrogen (secondary N) is 1. The highest BCUT2D eigenvalue weighted by molar-refractivity contribution is 5.44. The summed E-state index contributed by atoms with van der Waals surface area (Å²) in [6, 6.07) is 1.79. The van der Waals surface area contributed by atoms with Crippen molar-refractivity contribution in [2.45, 2.75) is 46.1 Å². The zero-order valence-corrected chi connectivity index (χ0v) is 12.6. The van der Waals surface area contributed by atoms with E-state index >= 15 is 0 Å². The molecule has 112 valence electrons. The molecule has 0 aromatic carbocycles. The first-order chi connectivity index (χ1) is 9.67. The van der Waals surface area contributed by atoms with Crippen LogP contribution in [0.25, 0.3) is 0 Å². The van der Waals surface area contributed by atoms with E-state index < -0.39 is 0 Å². The summed E-state index contributed by atoms with van der Waals surface area (Å²) in [5.74, 6) is 3.59. The van der Waals surface area contributed by atoms with Crippen molar-refractivity contribution in [1.82, 2.24) is 9.97 Å². The van der Waals surface area contributed by atoms with Crippen molar-refractivity contribution in [3.63, 3.8) is 0 Å². The van der Waals surface area contributed by atoms with Gasteiger partial charge >= 0.3 is 0 Å². The van der Waals surface area contributed by atoms with Crippen LogP contribution >= 0.6 is 0 Å². The van der Waals surface area contributed by atoms with Gasteiger partial charge in [-0.1, -0.05) is 19.8 Å². The molecule has 0 radical (unpaired) electrons. The summed E-state index contributed by atoms with van der Waals surface area (Å²) in [4.78, 5) is 8.62. The van der Waals surface area contributed by atoms with Crippen LogP contribution < -0.4 is 11.1 Å². The van der Waals surface area contributed by atoms with Crippen LogP contribution in [0.3, 0.4) is 0 Å². The number of hydrogen-bond acceptors (Lipinski definition) is 5. The highest BCUT2D eigenvalue weighted by Crippen LogP contribution is 2.28. The van der Waals surface area contributed by atoms with Gasteiger partial charge in [-0.05, 0) is 31.6 Å². The van der Waals surface area contributed by atoms with Gasteiger partial charge in [-0.3, -0.25) is 0 Å². The average Bonchev–Trinajstić information content (AvgIpc) is 2.44. The van der Waals surface area contributed by atoms with E-state index in [1.54, 1.807) is 6.07 Å². The predicted molar refractivity (Wildman–Crippen MR) is 81.4 cm³/mol. The first kappa shape index (κ1) is 15.0. The molecule has 0 bridgehead atoms. The van der Waals surface area contributed by atoms with E-state index in [-0.39, 0.29) is 0 Å². The van der Waals surface area contributed by atoms with Gasteiger partial charge in [0.15, 0.2) is 5.82 Å². The molecule has 1 aromatic heterocycles. The Morgan fingerprint density at radius 2 is 2.05 bits per heavy atom. The van der Waals surface area contributed by atoms with Crippen LogP contribution in [0.4, 0.5) is 11.6 Å². The number of ether oxygens (including phenoxy) is 1. The third-order valence-corrected chi connectivity index (χ3v) is 3.93. The first-order valence-corrected chi connectivity index (χ1v) is 7.62. The normalized spacial score (nSPS) is 22.7. The second-order valence-corrected chi connectivity index (χ2v) is 5.74. The highest BCUT2D eigenvalue weighted by atomic mass is 16.5. The van der Waals surface area contributed by atoms with Gasteiger partial charge in [-0.2, -0.15) is 0 Å². The molecular weight excluding hydrogens is 252 g/mol. The van der Waals surface area contributed by atoms with E-state index in [1.165, 1.54) is 25.7 Å². The van der Waals surface area contributed by atoms with Crippen molar-refractivity contribution in [2.75, 3.05) is 24.2 Å². The molecule has 0 aliphatic heterocycles. The SMILES string of the molecule is CCOCc1nc(N)cc(NCC2CCC(C)CC2)n1. The van der Waals surface area contributed by atoms with Crippen LogP contribution in [-0.2, 0) is 11.3 Å². The summed E-state index contributed by atoms with van der Waals surface area (Å²) < 4.78 is 5.33. The van der Waals surface area contributed by atoms with Crippen LogP contribution in [0.15, 0.2) is 6.07 Å². The molecule has 5 nitrogen and oxygen atoms in total. The first-order valence-electron chi connectivity index (χ1n) is 7.62. The van der Waals surface area contributed by atoms with E-state index in [4.69, 9.17) is 10.5 Å². The zero-order valence-electron chi connectivity index (χ0n) is 12.6. The monoisotopic (exact) mass is 278 g/mol. The molecule has 1 fully saturated rings. The molecule has 1 saturated carbocycles. The Morgan fingerprint density at radius 3 is 2.75 bits per heavy atom. The van der Waals surface area contributed by atoms with Crippen molar-refractivity contribution < 1.29 is 4.74 Å². The van der Waals surface area contributed by atoms with Crippen molar-refractivity contribution in [2.24, 2.45) is 11.8 Å². The fourth-order valence-electron chi connectivity index (χ4n) is 2.65. The fourth-order valence-corrected chi connectivity index (χ4v) is 2.65. The highest BCUT2D eigenvalue weighted by Gasteiger charge is 2.18. The standard InChI is InChI=1S/C15H26N4O/c1-3-20-10-15-18-13(16)8-14(19-15)17-9-12-6-4-11(2)5-7-12/h8,11-12H,3-7,9-10H2,1-2H3,(H3,16,17,18,19). The molecule has 5 heteroatoms. The number of anilines is 2. The van der Waals surface area contributed by atoms with E-state index in [1.807, 2.05) is 6.92 Å². The Bertz CT molecular complexity index is 416. The van der Waals surface area contributed by atoms with Crippen molar-refractivity contribution in [3.8, 4) is 0 Å². The largest absolute Gasteiger partial charge is 0.384 e. The molecule has 0 saturated heterocycles. The van der Waals surface area contributed by atoms with Gasteiger partial charge < -0.3 is 15.8 Å². The minimum Gasteiger partial charge on any atom is -0.384 e. The van der Waals surface area contributed by atoms with E-state index in [2.05, 4.69) is 22.2 Å². The summed E-state index contributed by atoms with van der Waals surface area (Å²) in [7, 11) is 0. The number of nitrogen functional groups attached to an aromatic ring is 1. The molecule has 1 heterocycles. The Kier molecular flexibility index (Phi) is 5.59. The summed E-state index contributed by atoms with van der Waals surface area (Å²) >= 11 is 0. The molecule has 0 spiro atoms. The Hall–Kier alpha value is -1.36. The van der Waals surface area contributed by atoms with Gasteiger partial charge in [0.1, 0.15) is 18.2 Å². The quantitative estimate of drug-likeness (QED) is 0.837. The lowest BCUT2D eigenvalue weighted by Crippen LogP contribution is -2.21. The molecule has 20 heavy (non-hydrogen) atoms. The van der Waals surface area contributed by atoms with Gasteiger partial charge in [-0.25, -0.2) is 9.97 Å². The number of aromatic nitrogens is 2. The Balaban J connectivity index is 1.87. The molecule has 2 rings (SSSR count). The predicted octanol–water partition coefficient (Wildman–Crippen LogP) is 2.83. The van der Waals surface area contributed by atoms with Crippen molar-refractivity contribution >= 4 is 11.6 Å². The third-order valence-electron chi connectivity index (χ3n) is 3.93. The summed E-state index contributed by atoms with van der Waals surface area (Å²) in [5, 5.41) is 3.40. The van der Waals surface area contributed by atoms with Crippen LogP contribution in [0.1, 0.15) is 45.4 Å². The van der Waals surface area contributed by atoms with Gasteiger partial charge in [-0.15, -0.1) is 0 Å². The molecule has 0 amide bonds. The zero-order chi connectivity index (χ0) is 14.4. The van der Waals surface area contributed by atoms with Crippen LogP contribution in [0.5, 0.6) is 0 Å². The summed E-state index contributed by atoms with van der Waals surface area (Å²) in [6.07, 6.45) is 5.29. The van der Waals surface area contributed by atoms with Gasteiger partial charge in [0, 0.05) is 19.2 Å². The number of nitrogens with two attached hydrogens (primary N) is 1. The summed E-state index contributed by atoms with van der Waals surface area (Å²) in [6.45, 7) is 6.33. The molecule has 1 aliphatic carbocycles. The maximum atomic E-state index is 5.81. The van der Waals surface area contributed by atoms with E-state index in [9.17, 15) is 0 Å². The maximum absolute atomic E-state index is 5.81. The number of rotatable bonds is 6. The minimum atomic E-state index is 0.414. The molecule has 3 N–H and O–H groups in total. The molecule has 1 aromatic rings. The van der Waals surface area contributed by atoms with Gasteiger partial charge in [0.25, 0.3) is 0 Å². The third kappa shape index (κ3) is 4.63. The van der Waals surface area contributed by atoms with Crippen LogP contribution in [0.2, 0.25) is 0 Å². The lowest BCUT2D eigenvalue weighted by Gasteiger charge is -2.26. The number of hydrogen-bond donors (Lipinski definition) is 2. The van der Waals surface area contributed by atoms with Crippen LogP contribution in [0, 0.1) is 11.8 Å². The second-order valence-electron chi connectivity index (χ2n) is 5.74. The minimum absolute atomic E-state index is 0.414. The van der Waals surface area contributed by atoms with Gasteiger partial charge in [0.05, 0.1) is 0 Å². The fraction of sp³-hybridized carbons (Fsp3) is 0.733. The molecule has 1 aliphatic rings. The molecule has 0 atom stereocenters. The molecular formula is C15H26N4O. The smallest absolute Gasteiger partial charge is 0.158 e. The van der Waals surface area contributed by atoms with E-state index in [0.29, 0.717) is 24.9 Å². The average molecular weight is 278 g/mol.